The first-order valence-electron chi connectivity index (χ1n) is 5.76. The van der Waals surface area contributed by atoms with Gasteiger partial charge >= 0.3 is 0 Å². The van der Waals surface area contributed by atoms with Crippen LogP contribution in [0.4, 0.5) is 0 Å². The number of aliphatic hydroxyl groups is 1. The third-order valence-electron chi connectivity index (χ3n) is 2.37. The average molecular weight is 271 g/mol. The number of hydrogen-bond acceptors (Lipinski definition) is 1. The molecule has 0 bridgehead atoms. The quantitative estimate of drug-likeness (QED) is 0.487. The summed E-state index contributed by atoms with van der Waals surface area (Å²) in [6.45, 7) is 2.18. The monoisotopic (exact) mass is 271 g/mol. The van der Waals surface area contributed by atoms with Crippen LogP contribution >= 0.6 is 0 Å². The minimum atomic E-state index is 0. The second-order valence-corrected chi connectivity index (χ2v) is 3.75. The fourth-order valence-corrected chi connectivity index (χ4v) is 1.45. The summed E-state index contributed by atoms with van der Waals surface area (Å²) in [6.07, 6.45) is 10.8. The minimum absolute atomic E-state index is 0. The van der Waals surface area contributed by atoms with Crippen molar-refractivity contribution in [2.75, 3.05) is 0 Å². The summed E-state index contributed by atoms with van der Waals surface area (Å²) in [4.78, 5) is 0. The third-order valence-corrected chi connectivity index (χ3v) is 2.37. The molecule has 2 rings (SSSR count). The molecule has 0 spiro atoms. The summed E-state index contributed by atoms with van der Waals surface area (Å²) in [5.74, 6) is 0. The molecule has 17 heavy (non-hydrogen) atoms. The average Bonchev–Trinajstić information content (AvgIpc) is 3.00. The van der Waals surface area contributed by atoms with Crippen molar-refractivity contribution in [3.63, 3.8) is 0 Å². The van der Waals surface area contributed by atoms with E-state index in [0.717, 1.165) is 18.3 Å². The fraction of sp³-hybridized carbons (Fsp3) is 0.267. The maximum Gasteiger partial charge on any atom is 0.0864 e. The summed E-state index contributed by atoms with van der Waals surface area (Å²) in [5, 5.41) is 8.65. The van der Waals surface area contributed by atoms with Crippen LogP contribution in [-0.4, -0.2) is 5.11 Å². The van der Waals surface area contributed by atoms with Crippen molar-refractivity contribution in [2.45, 2.75) is 26.2 Å². The Morgan fingerprint density at radius 2 is 1.94 bits per heavy atom. The fourth-order valence-electron chi connectivity index (χ4n) is 1.45. The molecule has 1 aliphatic carbocycles. The largest absolute Gasteiger partial charge is 0.515 e. The Kier molecular flexibility index (Phi) is 9.41. The van der Waals surface area contributed by atoms with Crippen LogP contribution in [0.5, 0.6) is 0 Å². The molecule has 1 nitrogen and oxygen atoms in total. The Morgan fingerprint density at radius 1 is 1.24 bits per heavy atom. The van der Waals surface area contributed by atoms with E-state index in [9.17, 15) is 0 Å². The van der Waals surface area contributed by atoms with Crippen LogP contribution in [-0.2, 0) is 17.1 Å². The summed E-state index contributed by atoms with van der Waals surface area (Å²) >= 11 is 0. The summed E-state index contributed by atoms with van der Waals surface area (Å²) in [5.41, 5.74) is 2.24. The van der Waals surface area contributed by atoms with Crippen molar-refractivity contribution in [2.24, 2.45) is 0 Å². The Hall–Kier alpha value is -1.11. The molecule has 0 aromatic heterocycles. The molecule has 0 fully saturated rings. The number of rotatable bonds is 3. The molecule has 2 heteroatoms. The zero-order chi connectivity index (χ0) is 11.6. The zero-order valence-corrected chi connectivity index (χ0v) is 11.2. The Balaban J connectivity index is 0.000000360. The molecule has 0 heterocycles. The van der Waals surface area contributed by atoms with Gasteiger partial charge in [0.25, 0.3) is 0 Å². The van der Waals surface area contributed by atoms with Gasteiger partial charge in [-0.1, -0.05) is 25.5 Å². The molecule has 0 amide bonds. The molecule has 0 saturated carbocycles. The van der Waals surface area contributed by atoms with Crippen molar-refractivity contribution < 1.29 is 22.2 Å². The van der Waals surface area contributed by atoms with E-state index >= 15 is 0 Å². The van der Waals surface area contributed by atoms with Crippen molar-refractivity contribution in [3.8, 4) is 0 Å². The molecule has 1 aromatic rings. The molecule has 0 radical (unpaired) electrons. The molecule has 0 aliphatic heterocycles. The van der Waals surface area contributed by atoms with E-state index < -0.39 is 0 Å². The van der Waals surface area contributed by atoms with Crippen LogP contribution in [0.1, 0.15) is 26.2 Å². The second kappa shape index (κ2) is 10.1. The van der Waals surface area contributed by atoms with Crippen LogP contribution in [0.2, 0.25) is 0 Å². The van der Waals surface area contributed by atoms with Crippen LogP contribution in [0, 0.1) is 0 Å². The van der Waals surface area contributed by atoms with Gasteiger partial charge in [-0.2, -0.15) is 18.2 Å². The SMILES string of the molecule is CCCCC1=C/C(=C\O)C=C1.[Fe].c1cc[cH-]c1. The number of aliphatic hydroxyl groups excluding tert-OH is 1. The summed E-state index contributed by atoms with van der Waals surface area (Å²) in [7, 11) is 0. The van der Waals surface area contributed by atoms with E-state index in [1.807, 2.05) is 42.5 Å². The van der Waals surface area contributed by atoms with E-state index in [1.165, 1.54) is 18.4 Å². The Morgan fingerprint density at radius 3 is 2.35 bits per heavy atom. The van der Waals surface area contributed by atoms with Crippen molar-refractivity contribution in [3.05, 3.63) is 66.0 Å². The van der Waals surface area contributed by atoms with Gasteiger partial charge in [-0.25, -0.2) is 12.1 Å². The van der Waals surface area contributed by atoms with Gasteiger partial charge in [-0.05, 0) is 24.5 Å². The first kappa shape index (κ1) is 15.9. The van der Waals surface area contributed by atoms with E-state index in [0.29, 0.717) is 0 Å². The zero-order valence-electron chi connectivity index (χ0n) is 10.1. The Labute approximate surface area is 114 Å². The molecule has 0 saturated heterocycles. The molecule has 1 N–H and O–H groups in total. The molecule has 1 aromatic carbocycles. The Bertz CT molecular complexity index is 341. The first-order valence-corrected chi connectivity index (χ1v) is 5.76. The molecular formula is C15H19FeO-. The predicted octanol–water partition coefficient (Wildman–Crippen LogP) is 4.52. The maximum absolute atomic E-state index is 8.65. The van der Waals surface area contributed by atoms with E-state index in [1.54, 1.807) is 0 Å². The van der Waals surface area contributed by atoms with Gasteiger partial charge in [-0.15, -0.1) is 0 Å². The van der Waals surface area contributed by atoms with Gasteiger partial charge in [0, 0.05) is 22.6 Å². The number of unbranched alkanes of at least 4 members (excludes halogenated alkanes) is 1. The number of hydrogen-bond donors (Lipinski definition) is 1. The number of allylic oxidation sites excluding steroid dienone is 5. The van der Waals surface area contributed by atoms with Gasteiger partial charge in [0.15, 0.2) is 0 Å². The predicted molar refractivity (Wildman–Crippen MR) is 69.5 cm³/mol. The molecular weight excluding hydrogens is 252 g/mol. The molecule has 0 unspecified atom stereocenters. The van der Waals surface area contributed by atoms with Crippen LogP contribution in [0.25, 0.3) is 0 Å². The smallest absolute Gasteiger partial charge is 0.0864 e. The molecule has 1 aliphatic rings. The normalized spacial score (nSPS) is 14.9. The topological polar surface area (TPSA) is 20.2 Å². The van der Waals surface area contributed by atoms with E-state index in [2.05, 4.69) is 13.0 Å². The van der Waals surface area contributed by atoms with E-state index in [-0.39, 0.29) is 17.1 Å². The summed E-state index contributed by atoms with van der Waals surface area (Å²) < 4.78 is 0. The van der Waals surface area contributed by atoms with Crippen molar-refractivity contribution in [1.82, 2.24) is 0 Å². The molecule has 0 atom stereocenters. The van der Waals surface area contributed by atoms with Gasteiger partial charge in [-0.3, -0.25) is 0 Å². The van der Waals surface area contributed by atoms with Gasteiger partial charge in [0.05, 0.1) is 6.26 Å². The maximum atomic E-state index is 8.65. The standard InChI is InChI=1S/C10H14O.C5H5.Fe/c1-2-3-4-9-5-6-10(7-9)8-11;1-2-4-5-3-1;/h5-8,11H,2-4H2,1H3;1-5H;/q;-1;/b10-8-;;. The third kappa shape index (κ3) is 6.93. The van der Waals surface area contributed by atoms with Gasteiger partial charge < -0.3 is 5.11 Å². The van der Waals surface area contributed by atoms with Crippen LogP contribution < -0.4 is 0 Å². The van der Waals surface area contributed by atoms with Gasteiger partial charge in [0.1, 0.15) is 0 Å². The van der Waals surface area contributed by atoms with Crippen LogP contribution in [0.3, 0.4) is 0 Å². The second-order valence-electron chi connectivity index (χ2n) is 3.75. The van der Waals surface area contributed by atoms with Crippen molar-refractivity contribution >= 4 is 0 Å². The van der Waals surface area contributed by atoms with Crippen molar-refractivity contribution in [1.29, 1.82) is 0 Å². The minimum Gasteiger partial charge on any atom is -0.515 e. The molecule has 94 valence electrons. The van der Waals surface area contributed by atoms with Crippen LogP contribution in [0.15, 0.2) is 66.0 Å². The van der Waals surface area contributed by atoms with Gasteiger partial charge in [0.2, 0.25) is 0 Å². The summed E-state index contributed by atoms with van der Waals surface area (Å²) in [6, 6.07) is 10.0. The first-order chi connectivity index (χ1) is 7.86. The van der Waals surface area contributed by atoms with E-state index in [4.69, 9.17) is 5.11 Å².